The molecule has 0 aromatic rings. The molecule has 0 aromatic carbocycles. The zero-order valence-electron chi connectivity index (χ0n) is 6.26. The molecule has 0 aromatic heterocycles. The van der Waals surface area contributed by atoms with E-state index in [0.29, 0.717) is 0 Å². The Balaban J connectivity index is 4.86. The molecule has 0 fully saturated rings. The summed E-state index contributed by atoms with van der Waals surface area (Å²) < 4.78 is 70.0. The van der Waals surface area contributed by atoms with Gasteiger partial charge in [-0.2, -0.15) is 26.3 Å². The molecule has 0 spiro atoms. The van der Waals surface area contributed by atoms with Gasteiger partial charge in [0, 0.05) is 6.08 Å². The van der Waals surface area contributed by atoms with Gasteiger partial charge >= 0.3 is 12.4 Å². The van der Waals surface area contributed by atoms with Crippen LogP contribution in [0.1, 0.15) is 0 Å². The van der Waals surface area contributed by atoms with Gasteiger partial charge < -0.3 is 0 Å². The Bertz CT molecular complexity index is 228. The molecular weight excluding hydrogens is 220 g/mol. The maximum absolute atomic E-state index is 11.7. The molecule has 0 N–H and O–H groups in total. The van der Waals surface area contributed by atoms with Gasteiger partial charge in [-0.3, -0.25) is 10.1 Å². The first kappa shape index (κ1) is 12.7. The Hall–Kier alpha value is -1.28. The molecule has 0 rings (SSSR count). The molecule has 0 aliphatic heterocycles. The van der Waals surface area contributed by atoms with Crippen molar-refractivity contribution in [2.75, 3.05) is 0 Å². The molecular formula is C5H3F6NO2. The van der Waals surface area contributed by atoms with Gasteiger partial charge in [0.2, 0.25) is 6.20 Å². The summed E-state index contributed by atoms with van der Waals surface area (Å²) >= 11 is 0. The van der Waals surface area contributed by atoms with Crippen LogP contribution in [0.2, 0.25) is 0 Å². The Kier molecular flexibility index (Phi) is 3.49. The van der Waals surface area contributed by atoms with Gasteiger partial charge in [0.15, 0.2) is 5.92 Å². The molecule has 0 saturated carbocycles. The highest BCUT2D eigenvalue weighted by molar-refractivity contribution is 4.92. The fourth-order valence-electron chi connectivity index (χ4n) is 0.560. The van der Waals surface area contributed by atoms with Crippen molar-refractivity contribution in [1.82, 2.24) is 0 Å². The maximum Gasteiger partial charge on any atom is 0.404 e. The normalized spacial score (nSPS) is 13.9. The molecule has 14 heavy (non-hydrogen) atoms. The van der Waals surface area contributed by atoms with E-state index >= 15 is 0 Å². The highest BCUT2D eigenvalue weighted by Gasteiger charge is 2.55. The Morgan fingerprint density at radius 2 is 1.43 bits per heavy atom. The fourth-order valence-corrected chi connectivity index (χ4v) is 0.560. The Morgan fingerprint density at radius 3 is 1.64 bits per heavy atom. The highest BCUT2D eigenvalue weighted by atomic mass is 19.4. The molecule has 3 nitrogen and oxygen atoms in total. The molecule has 0 heterocycles. The summed E-state index contributed by atoms with van der Waals surface area (Å²) in [6, 6.07) is 0. The average molecular weight is 223 g/mol. The van der Waals surface area contributed by atoms with Crippen LogP contribution in [-0.2, 0) is 0 Å². The fraction of sp³-hybridized carbons (Fsp3) is 0.600. The molecule has 0 amide bonds. The summed E-state index contributed by atoms with van der Waals surface area (Å²) in [5.41, 5.74) is 0. The molecule has 0 atom stereocenters. The SMILES string of the molecule is O=[N+]([O-])/C=C/C(C(F)(F)F)C(F)(F)F. The lowest BCUT2D eigenvalue weighted by Crippen LogP contribution is -2.34. The number of hydrogen-bond acceptors (Lipinski definition) is 2. The summed E-state index contributed by atoms with van der Waals surface area (Å²) in [4.78, 5) is 8.14. The molecule has 0 bridgehead atoms. The number of rotatable bonds is 2. The lowest BCUT2D eigenvalue weighted by molar-refractivity contribution is -0.404. The minimum Gasteiger partial charge on any atom is -0.259 e. The molecule has 0 saturated heterocycles. The second-order valence-corrected chi connectivity index (χ2v) is 2.19. The van der Waals surface area contributed by atoms with Gasteiger partial charge in [-0.05, 0) is 0 Å². The molecule has 0 unspecified atom stereocenters. The van der Waals surface area contributed by atoms with Crippen molar-refractivity contribution in [3.05, 3.63) is 22.4 Å². The largest absolute Gasteiger partial charge is 0.404 e. The highest BCUT2D eigenvalue weighted by Crippen LogP contribution is 2.39. The van der Waals surface area contributed by atoms with Crippen LogP contribution in [0.15, 0.2) is 12.3 Å². The predicted octanol–water partition coefficient (Wildman–Crippen LogP) is 2.52. The standard InChI is InChI=1S/C5H3F6NO2/c6-4(7,8)3(5(9,10)11)1-2-12(13)14/h1-3H/b2-1+. The minimum atomic E-state index is -5.58. The second kappa shape index (κ2) is 3.84. The summed E-state index contributed by atoms with van der Waals surface area (Å²) in [7, 11) is 0. The smallest absolute Gasteiger partial charge is 0.259 e. The summed E-state index contributed by atoms with van der Waals surface area (Å²) in [6.45, 7) is 0. The van der Waals surface area contributed by atoms with E-state index in [1.165, 1.54) is 0 Å². The summed E-state index contributed by atoms with van der Waals surface area (Å²) in [5.74, 6) is -3.81. The van der Waals surface area contributed by atoms with E-state index in [9.17, 15) is 36.5 Å². The van der Waals surface area contributed by atoms with Gasteiger partial charge in [0.25, 0.3) is 0 Å². The van der Waals surface area contributed by atoms with Crippen LogP contribution in [0, 0.1) is 16.0 Å². The summed E-state index contributed by atoms with van der Waals surface area (Å²) in [5, 5.41) is 9.54. The van der Waals surface area contributed by atoms with Crippen molar-refractivity contribution in [1.29, 1.82) is 0 Å². The van der Waals surface area contributed by atoms with Gasteiger partial charge in [0.05, 0.1) is 4.92 Å². The second-order valence-electron chi connectivity index (χ2n) is 2.19. The van der Waals surface area contributed by atoms with Crippen LogP contribution < -0.4 is 0 Å². The van der Waals surface area contributed by atoms with Crippen molar-refractivity contribution >= 4 is 0 Å². The van der Waals surface area contributed by atoms with E-state index in [0.717, 1.165) is 0 Å². The van der Waals surface area contributed by atoms with Gasteiger partial charge in [-0.25, -0.2) is 0 Å². The first-order valence-electron chi connectivity index (χ1n) is 3.00. The van der Waals surface area contributed by atoms with Crippen LogP contribution in [0.4, 0.5) is 26.3 Å². The van der Waals surface area contributed by atoms with E-state index in [2.05, 4.69) is 0 Å². The molecule has 82 valence electrons. The number of allylic oxidation sites excluding steroid dienone is 1. The number of nitrogens with zero attached hydrogens (tertiary/aromatic N) is 1. The zero-order chi connectivity index (χ0) is 11.6. The third kappa shape index (κ3) is 4.10. The van der Waals surface area contributed by atoms with Crippen molar-refractivity contribution in [3.8, 4) is 0 Å². The van der Waals surface area contributed by atoms with E-state index in [1.54, 1.807) is 0 Å². The molecule has 0 aliphatic rings. The van der Waals surface area contributed by atoms with E-state index in [-0.39, 0.29) is 6.20 Å². The lowest BCUT2D eigenvalue weighted by Gasteiger charge is -2.18. The minimum absolute atomic E-state index is 0.383. The van der Waals surface area contributed by atoms with Crippen LogP contribution in [0.5, 0.6) is 0 Å². The van der Waals surface area contributed by atoms with Gasteiger partial charge in [-0.15, -0.1) is 0 Å². The number of alkyl halides is 6. The number of hydrogen-bond donors (Lipinski definition) is 0. The van der Waals surface area contributed by atoms with Crippen LogP contribution in [0.25, 0.3) is 0 Å². The zero-order valence-corrected chi connectivity index (χ0v) is 6.26. The van der Waals surface area contributed by atoms with Crippen molar-refractivity contribution in [2.24, 2.45) is 5.92 Å². The van der Waals surface area contributed by atoms with Crippen LogP contribution >= 0.6 is 0 Å². The molecule has 0 radical (unpaired) electrons. The van der Waals surface area contributed by atoms with Crippen LogP contribution in [0.3, 0.4) is 0 Å². The molecule has 0 aliphatic carbocycles. The van der Waals surface area contributed by atoms with E-state index in [4.69, 9.17) is 0 Å². The quantitative estimate of drug-likeness (QED) is 0.410. The van der Waals surface area contributed by atoms with Crippen LogP contribution in [-0.4, -0.2) is 17.3 Å². The first-order valence-corrected chi connectivity index (χ1v) is 3.00. The predicted molar refractivity (Wildman–Crippen MR) is 31.7 cm³/mol. The van der Waals surface area contributed by atoms with Crippen molar-refractivity contribution < 1.29 is 31.3 Å². The van der Waals surface area contributed by atoms with Crippen molar-refractivity contribution in [2.45, 2.75) is 12.4 Å². The average Bonchev–Trinajstić information content (AvgIpc) is 1.78. The number of halogens is 6. The third-order valence-corrected chi connectivity index (χ3v) is 1.11. The lowest BCUT2D eigenvalue weighted by atomic mass is 10.1. The Morgan fingerprint density at radius 1 is 1.07 bits per heavy atom. The van der Waals surface area contributed by atoms with Gasteiger partial charge in [0.1, 0.15) is 0 Å². The van der Waals surface area contributed by atoms with Crippen molar-refractivity contribution in [3.63, 3.8) is 0 Å². The van der Waals surface area contributed by atoms with E-state index in [1.807, 2.05) is 0 Å². The van der Waals surface area contributed by atoms with Gasteiger partial charge in [-0.1, -0.05) is 0 Å². The Labute approximate surface area is 73.2 Å². The third-order valence-electron chi connectivity index (χ3n) is 1.11. The summed E-state index contributed by atoms with van der Waals surface area (Å²) in [6.07, 6.45) is -12.1. The van der Waals surface area contributed by atoms with E-state index < -0.39 is 29.3 Å². The molecule has 9 heteroatoms. The maximum atomic E-state index is 11.7. The topological polar surface area (TPSA) is 43.1 Å². The first-order chi connectivity index (χ1) is 6.05. The monoisotopic (exact) mass is 223 g/mol. The number of nitro groups is 1.